The molecule has 98 valence electrons. The zero-order valence-electron chi connectivity index (χ0n) is 10.6. The van der Waals surface area contributed by atoms with E-state index in [1.54, 1.807) is 13.3 Å². The molecule has 4 nitrogen and oxygen atoms in total. The van der Waals surface area contributed by atoms with Crippen molar-refractivity contribution in [3.05, 3.63) is 40.8 Å². The maximum absolute atomic E-state index is 6.15. The second kappa shape index (κ2) is 4.58. The number of nitrogens with two attached hydrogens (primary N) is 1. The molecule has 5 heteroatoms. The lowest BCUT2D eigenvalue weighted by molar-refractivity contribution is 0.416. The van der Waals surface area contributed by atoms with E-state index in [9.17, 15) is 0 Å². The van der Waals surface area contributed by atoms with Crippen LogP contribution in [0.25, 0.3) is 11.3 Å². The summed E-state index contributed by atoms with van der Waals surface area (Å²) in [5, 5.41) is 0. The lowest BCUT2D eigenvalue weighted by Crippen LogP contribution is -2.22. The van der Waals surface area contributed by atoms with E-state index in [1.165, 1.54) is 0 Å². The van der Waals surface area contributed by atoms with Gasteiger partial charge in [0.05, 0.1) is 18.3 Å². The Bertz CT molecular complexity index is 626. The van der Waals surface area contributed by atoms with Gasteiger partial charge in [-0.15, -0.1) is 0 Å². The Morgan fingerprint density at radius 1 is 1.32 bits per heavy atom. The third kappa shape index (κ3) is 2.35. The number of aromatic nitrogens is 2. The quantitative estimate of drug-likeness (QED) is 0.945. The highest BCUT2D eigenvalue weighted by molar-refractivity contribution is 9.10. The van der Waals surface area contributed by atoms with Crippen LogP contribution in [-0.4, -0.2) is 17.1 Å². The first-order chi connectivity index (χ1) is 9.12. The summed E-state index contributed by atoms with van der Waals surface area (Å²) in [6.07, 6.45) is 3.66. The maximum Gasteiger partial charge on any atom is 0.148 e. The molecule has 1 aromatic heterocycles. The number of ether oxygens (including phenoxy) is 1. The van der Waals surface area contributed by atoms with Gasteiger partial charge in [0.1, 0.15) is 11.6 Å². The molecule has 0 unspecified atom stereocenters. The first kappa shape index (κ1) is 12.6. The molecule has 2 N–H and O–H groups in total. The summed E-state index contributed by atoms with van der Waals surface area (Å²) in [4.78, 5) is 8.88. The molecule has 1 saturated carbocycles. The average molecular weight is 320 g/mol. The van der Waals surface area contributed by atoms with Crippen molar-refractivity contribution in [3.8, 4) is 17.0 Å². The predicted molar refractivity (Wildman–Crippen MR) is 76.8 cm³/mol. The van der Waals surface area contributed by atoms with E-state index in [-0.39, 0.29) is 5.54 Å². The highest BCUT2D eigenvalue weighted by Gasteiger charge is 2.43. The van der Waals surface area contributed by atoms with E-state index in [4.69, 9.17) is 10.5 Å². The molecule has 0 aliphatic heterocycles. The van der Waals surface area contributed by atoms with Crippen LogP contribution in [-0.2, 0) is 5.54 Å². The largest absolute Gasteiger partial charge is 0.496 e. The van der Waals surface area contributed by atoms with Crippen LogP contribution in [0.1, 0.15) is 18.7 Å². The molecule has 0 bridgehead atoms. The van der Waals surface area contributed by atoms with Crippen LogP contribution < -0.4 is 10.5 Å². The zero-order valence-corrected chi connectivity index (χ0v) is 12.1. The Hall–Kier alpha value is -1.46. The lowest BCUT2D eigenvalue weighted by Gasteiger charge is -2.11. The van der Waals surface area contributed by atoms with Crippen LogP contribution in [0.2, 0.25) is 0 Å². The standard InChI is InChI=1S/C14H14BrN3O/c1-19-12-3-2-9(15)8-10(12)11-4-7-17-13(18-11)14(16)5-6-14/h2-4,7-8H,5-6,16H2,1H3. The maximum atomic E-state index is 6.15. The fourth-order valence-electron chi connectivity index (χ4n) is 1.99. The molecule has 2 aromatic rings. The van der Waals surface area contributed by atoms with Gasteiger partial charge in [-0.2, -0.15) is 0 Å². The molecular weight excluding hydrogens is 306 g/mol. The molecule has 1 fully saturated rings. The van der Waals surface area contributed by atoms with Crippen molar-refractivity contribution in [2.24, 2.45) is 5.73 Å². The number of halogens is 1. The van der Waals surface area contributed by atoms with E-state index < -0.39 is 0 Å². The Labute approximate surface area is 120 Å². The third-order valence-electron chi connectivity index (χ3n) is 3.33. The van der Waals surface area contributed by atoms with Crippen LogP contribution in [0.3, 0.4) is 0 Å². The summed E-state index contributed by atoms with van der Waals surface area (Å²) in [6.45, 7) is 0. The summed E-state index contributed by atoms with van der Waals surface area (Å²) in [7, 11) is 1.65. The number of rotatable bonds is 3. The highest BCUT2D eigenvalue weighted by atomic mass is 79.9. The molecule has 19 heavy (non-hydrogen) atoms. The van der Waals surface area contributed by atoms with Gasteiger partial charge in [0, 0.05) is 16.2 Å². The van der Waals surface area contributed by atoms with Crippen molar-refractivity contribution < 1.29 is 4.74 Å². The fraction of sp³-hybridized carbons (Fsp3) is 0.286. The van der Waals surface area contributed by atoms with Gasteiger partial charge >= 0.3 is 0 Å². The summed E-state index contributed by atoms with van der Waals surface area (Å²) in [5.74, 6) is 1.50. The molecule has 1 aliphatic rings. The van der Waals surface area contributed by atoms with Gasteiger partial charge in [-0.05, 0) is 37.1 Å². The Kier molecular flexibility index (Phi) is 3.03. The van der Waals surface area contributed by atoms with Crippen LogP contribution in [0.4, 0.5) is 0 Å². The van der Waals surface area contributed by atoms with Crippen molar-refractivity contribution in [2.45, 2.75) is 18.4 Å². The molecule has 1 aromatic carbocycles. The minimum atomic E-state index is -0.324. The third-order valence-corrected chi connectivity index (χ3v) is 3.82. The minimum absolute atomic E-state index is 0.324. The zero-order chi connectivity index (χ0) is 13.5. The molecule has 0 spiro atoms. The van der Waals surface area contributed by atoms with Gasteiger partial charge in [0.15, 0.2) is 0 Å². The van der Waals surface area contributed by atoms with Gasteiger partial charge < -0.3 is 10.5 Å². The number of methoxy groups -OCH3 is 1. The smallest absolute Gasteiger partial charge is 0.148 e. The van der Waals surface area contributed by atoms with Gasteiger partial charge in [0.2, 0.25) is 0 Å². The first-order valence-electron chi connectivity index (χ1n) is 6.09. The molecule has 0 radical (unpaired) electrons. The molecular formula is C14H14BrN3O. The van der Waals surface area contributed by atoms with Crippen molar-refractivity contribution in [1.29, 1.82) is 0 Å². The highest BCUT2D eigenvalue weighted by Crippen LogP contribution is 2.41. The van der Waals surface area contributed by atoms with Crippen LogP contribution in [0.15, 0.2) is 34.9 Å². The topological polar surface area (TPSA) is 61.0 Å². The van der Waals surface area contributed by atoms with Crippen molar-refractivity contribution >= 4 is 15.9 Å². The molecule has 0 amide bonds. The normalized spacial score (nSPS) is 16.2. The SMILES string of the molecule is COc1ccc(Br)cc1-c1ccnc(C2(N)CC2)n1. The van der Waals surface area contributed by atoms with Crippen molar-refractivity contribution in [2.75, 3.05) is 7.11 Å². The van der Waals surface area contributed by atoms with Crippen LogP contribution in [0.5, 0.6) is 5.75 Å². The van der Waals surface area contributed by atoms with E-state index >= 15 is 0 Å². The number of benzene rings is 1. The molecule has 0 atom stereocenters. The van der Waals surface area contributed by atoms with E-state index in [0.29, 0.717) is 5.82 Å². The number of nitrogens with zero attached hydrogens (tertiary/aromatic N) is 2. The first-order valence-corrected chi connectivity index (χ1v) is 6.88. The second-order valence-corrected chi connectivity index (χ2v) is 5.68. The minimum Gasteiger partial charge on any atom is -0.496 e. The average Bonchev–Trinajstić information content (AvgIpc) is 3.18. The summed E-state index contributed by atoms with van der Waals surface area (Å²) in [6, 6.07) is 7.72. The van der Waals surface area contributed by atoms with E-state index in [1.807, 2.05) is 24.3 Å². The predicted octanol–water partition coefficient (Wildman–Crippen LogP) is 2.86. The second-order valence-electron chi connectivity index (χ2n) is 4.77. The van der Waals surface area contributed by atoms with Crippen LogP contribution >= 0.6 is 15.9 Å². The number of hydrogen-bond donors (Lipinski definition) is 1. The molecule has 0 saturated heterocycles. The van der Waals surface area contributed by atoms with Gasteiger partial charge in [-0.3, -0.25) is 0 Å². The Morgan fingerprint density at radius 3 is 2.79 bits per heavy atom. The van der Waals surface area contributed by atoms with Crippen molar-refractivity contribution in [1.82, 2.24) is 9.97 Å². The summed E-state index contributed by atoms with van der Waals surface area (Å²) < 4.78 is 6.37. The summed E-state index contributed by atoms with van der Waals surface area (Å²) >= 11 is 3.47. The monoisotopic (exact) mass is 319 g/mol. The van der Waals surface area contributed by atoms with Crippen LogP contribution in [0, 0.1) is 0 Å². The lowest BCUT2D eigenvalue weighted by atomic mass is 10.1. The Balaban J connectivity index is 2.09. The van der Waals surface area contributed by atoms with Gasteiger partial charge in [-0.25, -0.2) is 9.97 Å². The number of hydrogen-bond acceptors (Lipinski definition) is 4. The van der Waals surface area contributed by atoms with Crippen molar-refractivity contribution in [3.63, 3.8) is 0 Å². The van der Waals surface area contributed by atoms with Gasteiger partial charge in [-0.1, -0.05) is 15.9 Å². The van der Waals surface area contributed by atoms with Gasteiger partial charge in [0.25, 0.3) is 0 Å². The Morgan fingerprint density at radius 2 is 2.11 bits per heavy atom. The molecule has 1 heterocycles. The summed E-state index contributed by atoms with van der Waals surface area (Å²) in [5.41, 5.74) is 7.59. The molecule has 1 aliphatic carbocycles. The van der Waals surface area contributed by atoms with E-state index in [2.05, 4.69) is 25.9 Å². The fourth-order valence-corrected chi connectivity index (χ4v) is 2.35. The molecule has 3 rings (SSSR count). The van der Waals surface area contributed by atoms with E-state index in [0.717, 1.165) is 34.3 Å².